The quantitative estimate of drug-likeness (QED) is 0.763. The summed E-state index contributed by atoms with van der Waals surface area (Å²) >= 11 is 0. The van der Waals surface area contributed by atoms with Crippen LogP contribution in [0, 0.1) is 0 Å². The number of aryl methyl sites for hydroxylation is 1. The molecule has 0 bridgehead atoms. The summed E-state index contributed by atoms with van der Waals surface area (Å²) in [6.07, 6.45) is 1.30. The molecule has 19 heavy (non-hydrogen) atoms. The van der Waals surface area contributed by atoms with E-state index in [4.69, 9.17) is 0 Å². The van der Waals surface area contributed by atoms with Gasteiger partial charge in [-0.1, -0.05) is 0 Å². The Kier molecular flexibility index (Phi) is 4.51. The molecule has 0 aliphatic carbocycles. The van der Waals surface area contributed by atoms with Crippen molar-refractivity contribution in [1.82, 2.24) is 20.2 Å². The van der Waals surface area contributed by atoms with Gasteiger partial charge in [-0.3, -0.25) is 29.8 Å². The van der Waals surface area contributed by atoms with Crippen LogP contribution in [0.1, 0.15) is 41.7 Å². The fourth-order valence-corrected chi connectivity index (χ4v) is 1.46. The molecule has 0 unspecified atom stereocenters. The molecule has 8 heteroatoms. The summed E-state index contributed by atoms with van der Waals surface area (Å²) in [5, 5.41) is 4.09. The van der Waals surface area contributed by atoms with Crippen LogP contribution in [0.2, 0.25) is 0 Å². The van der Waals surface area contributed by atoms with Crippen LogP contribution >= 0.6 is 0 Å². The molecule has 0 atom stereocenters. The van der Waals surface area contributed by atoms with Crippen molar-refractivity contribution in [2.75, 3.05) is 0 Å². The SMILES string of the molecule is CCn1cnc(C(=O)NC(C)=O)c1C(=O)NC(C)=O. The summed E-state index contributed by atoms with van der Waals surface area (Å²) in [5.41, 5.74) is -0.257. The van der Waals surface area contributed by atoms with Gasteiger partial charge in [-0.2, -0.15) is 0 Å². The Morgan fingerprint density at radius 3 is 2.11 bits per heavy atom. The van der Waals surface area contributed by atoms with Gasteiger partial charge in [0.1, 0.15) is 5.69 Å². The molecule has 0 radical (unpaired) electrons. The van der Waals surface area contributed by atoms with Crippen molar-refractivity contribution >= 4 is 23.6 Å². The predicted molar refractivity (Wildman–Crippen MR) is 64.2 cm³/mol. The highest BCUT2D eigenvalue weighted by Crippen LogP contribution is 2.08. The summed E-state index contributed by atoms with van der Waals surface area (Å²) in [5.74, 6) is -2.63. The van der Waals surface area contributed by atoms with Crippen LogP contribution in [0.25, 0.3) is 0 Å². The van der Waals surface area contributed by atoms with Gasteiger partial charge in [0.15, 0.2) is 5.69 Å². The lowest BCUT2D eigenvalue weighted by Crippen LogP contribution is -2.34. The van der Waals surface area contributed by atoms with Gasteiger partial charge in [0.2, 0.25) is 11.8 Å². The van der Waals surface area contributed by atoms with E-state index in [1.165, 1.54) is 24.7 Å². The highest BCUT2D eigenvalue weighted by atomic mass is 16.2. The van der Waals surface area contributed by atoms with Crippen molar-refractivity contribution in [1.29, 1.82) is 0 Å². The summed E-state index contributed by atoms with van der Waals surface area (Å²) < 4.78 is 1.41. The topological polar surface area (TPSA) is 110 Å². The Bertz CT molecular complexity index is 547. The fraction of sp³-hybridized carbons (Fsp3) is 0.364. The predicted octanol–water partition coefficient (Wildman–Crippen LogP) is -0.544. The second-order valence-corrected chi connectivity index (χ2v) is 3.75. The molecule has 0 aliphatic rings. The molecule has 0 saturated carbocycles. The number of amides is 4. The number of imidazole rings is 1. The van der Waals surface area contributed by atoms with Gasteiger partial charge in [-0.25, -0.2) is 4.98 Å². The van der Waals surface area contributed by atoms with Crippen molar-refractivity contribution < 1.29 is 19.2 Å². The van der Waals surface area contributed by atoms with Crippen LogP contribution in [0.3, 0.4) is 0 Å². The second-order valence-electron chi connectivity index (χ2n) is 3.75. The molecule has 2 N–H and O–H groups in total. The first-order chi connectivity index (χ1) is 8.86. The number of nitrogens with one attached hydrogen (secondary N) is 2. The summed E-state index contributed by atoms with van der Waals surface area (Å²) in [4.78, 5) is 49.1. The van der Waals surface area contributed by atoms with E-state index in [0.717, 1.165) is 0 Å². The highest BCUT2D eigenvalue weighted by Gasteiger charge is 2.24. The van der Waals surface area contributed by atoms with Gasteiger partial charge in [-0.05, 0) is 6.92 Å². The van der Waals surface area contributed by atoms with Crippen molar-refractivity contribution in [2.24, 2.45) is 0 Å². The zero-order valence-electron chi connectivity index (χ0n) is 10.8. The average molecular weight is 266 g/mol. The molecule has 0 saturated heterocycles. The lowest BCUT2D eigenvalue weighted by Gasteiger charge is -2.06. The lowest BCUT2D eigenvalue weighted by molar-refractivity contribution is -0.119. The van der Waals surface area contributed by atoms with E-state index in [1.807, 2.05) is 5.32 Å². The molecule has 0 spiro atoms. The number of carbonyl (C=O) groups excluding carboxylic acids is 4. The Balaban J connectivity index is 3.16. The standard InChI is InChI=1S/C11H14N4O4/c1-4-15-5-12-8(10(18)13-6(2)16)9(15)11(19)14-7(3)17/h5H,4H2,1-3H3,(H,13,16,18)(H,14,17,19). The van der Waals surface area contributed by atoms with E-state index in [0.29, 0.717) is 6.54 Å². The van der Waals surface area contributed by atoms with Gasteiger partial charge >= 0.3 is 0 Å². The van der Waals surface area contributed by atoms with Crippen LogP contribution in [0.15, 0.2) is 6.33 Å². The van der Waals surface area contributed by atoms with Gasteiger partial charge < -0.3 is 4.57 Å². The first kappa shape index (κ1) is 14.6. The molecule has 1 rings (SSSR count). The molecular formula is C11H14N4O4. The van der Waals surface area contributed by atoms with Crippen LogP contribution in [0.5, 0.6) is 0 Å². The molecule has 1 aromatic rings. The normalized spacial score (nSPS) is 9.84. The minimum Gasteiger partial charge on any atom is -0.326 e. The first-order valence-electron chi connectivity index (χ1n) is 5.55. The lowest BCUT2D eigenvalue weighted by atomic mass is 10.2. The molecule has 0 aromatic carbocycles. The maximum absolute atomic E-state index is 11.8. The maximum Gasteiger partial charge on any atom is 0.278 e. The second kappa shape index (κ2) is 5.89. The highest BCUT2D eigenvalue weighted by molar-refractivity contribution is 6.12. The number of hydrogen-bond acceptors (Lipinski definition) is 5. The molecule has 1 aromatic heterocycles. The largest absolute Gasteiger partial charge is 0.326 e. The smallest absolute Gasteiger partial charge is 0.278 e. The zero-order chi connectivity index (χ0) is 14.6. The van der Waals surface area contributed by atoms with E-state index in [-0.39, 0.29) is 11.4 Å². The van der Waals surface area contributed by atoms with Gasteiger partial charge in [0.25, 0.3) is 11.8 Å². The summed E-state index contributed by atoms with van der Waals surface area (Å²) in [6, 6.07) is 0. The molecular weight excluding hydrogens is 252 g/mol. The van der Waals surface area contributed by atoms with Crippen LogP contribution in [0.4, 0.5) is 0 Å². The number of imide groups is 2. The number of aromatic nitrogens is 2. The third-order valence-electron chi connectivity index (χ3n) is 2.19. The third-order valence-corrected chi connectivity index (χ3v) is 2.19. The first-order valence-corrected chi connectivity index (χ1v) is 5.55. The van der Waals surface area contributed by atoms with Crippen LogP contribution < -0.4 is 10.6 Å². The van der Waals surface area contributed by atoms with Crippen molar-refractivity contribution in [3.05, 3.63) is 17.7 Å². The zero-order valence-corrected chi connectivity index (χ0v) is 10.8. The molecule has 102 valence electrons. The molecule has 0 aliphatic heterocycles. The maximum atomic E-state index is 11.8. The monoisotopic (exact) mass is 266 g/mol. The van der Waals surface area contributed by atoms with E-state index >= 15 is 0 Å². The molecule has 1 heterocycles. The molecule has 4 amide bonds. The van der Waals surface area contributed by atoms with Crippen molar-refractivity contribution in [2.45, 2.75) is 27.3 Å². The van der Waals surface area contributed by atoms with Crippen molar-refractivity contribution in [3.8, 4) is 0 Å². The Morgan fingerprint density at radius 1 is 1.11 bits per heavy atom. The van der Waals surface area contributed by atoms with Gasteiger partial charge in [0, 0.05) is 20.4 Å². The Hall–Kier alpha value is -2.51. The van der Waals surface area contributed by atoms with Crippen molar-refractivity contribution in [3.63, 3.8) is 0 Å². The summed E-state index contributed by atoms with van der Waals surface area (Å²) in [7, 11) is 0. The average Bonchev–Trinajstić information content (AvgIpc) is 2.70. The van der Waals surface area contributed by atoms with E-state index in [1.54, 1.807) is 6.92 Å². The van der Waals surface area contributed by atoms with Crippen LogP contribution in [-0.2, 0) is 16.1 Å². The minimum absolute atomic E-state index is 0.0588. The third kappa shape index (κ3) is 3.47. The molecule has 8 nitrogen and oxygen atoms in total. The van der Waals surface area contributed by atoms with E-state index < -0.39 is 23.6 Å². The van der Waals surface area contributed by atoms with Gasteiger partial charge in [0.05, 0.1) is 6.33 Å². The Labute approximate surface area is 109 Å². The number of nitrogens with zero attached hydrogens (tertiary/aromatic N) is 2. The van der Waals surface area contributed by atoms with Gasteiger partial charge in [-0.15, -0.1) is 0 Å². The minimum atomic E-state index is -0.784. The fourth-order valence-electron chi connectivity index (χ4n) is 1.46. The number of rotatable bonds is 3. The van der Waals surface area contributed by atoms with E-state index in [2.05, 4.69) is 10.3 Å². The Morgan fingerprint density at radius 2 is 1.63 bits per heavy atom. The summed E-state index contributed by atoms with van der Waals surface area (Å²) in [6.45, 7) is 4.49. The van der Waals surface area contributed by atoms with Crippen LogP contribution in [-0.4, -0.2) is 33.2 Å². The number of hydrogen-bond donors (Lipinski definition) is 2. The molecule has 0 fully saturated rings. The van der Waals surface area contributed by atoms with E-state index in [9.17, 15) is 19.2 Å². The number of carbonyl (C=O) groups is 4.